The molecule has 24 heavy (non-hydrogen) atoms. The summed E-state index contributed by atoms with van der Waals surface area (Å²) in [5, 5.41) is -0.0508. The van der Waals surface area contributed by atoms with Crippen LogP contribution in [0.4, 0.5) is 22.0 Å². The fourth-order valence-electron chi connectivity index (χ4n) is 1.76. The van der Waals surface area contributed by atoms with Gasteiger partial charge in [0, 0.05) is 12.3 Å². The zero-order valence-corrected chi connectivity index (χ0v) is 13.4. The zero-order chi connectivity index (χ0) is 17.9. The molecule has 0 radical (unpaired) electrons. The van der Waals surface area contributed by atoms with E-state index in [9.17, 15) is 26.7 Å². The number of hydrogen-bond donors (Lipinski definition) is 0. The van der Waals surface area contributed by atoms with Crippen LogP contribution in [0.1, 0.15) is 21.6 Å². The Bertz CT molecular complexity index is 764. The predicted molar refractivity (Wildman–Crippen MR) is 78.1 cm³/mol. The quantitative estimate of drug-likeness (QED) is 0.413. The summed E-state index contributed by atoms with van der Waals surface area (Å²) in [6.07, 6.45) is -4.21. The van der Waals surface area contributed by atoms with Crippen molar-refractivity contribution in [2.75, 3.05) is 5.33 Å². The van der Waals surface area contributed by atoms with Gasteiger partial charge in [0.1, 0.15) is 29.7 Å². The van der Waals surface area contributed by atoms with E-state index in [0.717, 1.165) is 6.07 Å². The molecule has 0 N–H and O–H groups in total. The van der Waals surface area contributed by atoms with Crippen molar-refractivity contribution in [3.05, 3.63) is 58.9 Å². The smallest absolute Gasteiger partial charge is 0.417 e. The summed E-state index contributed by atoms with van der Waals surface area (Å²) in [5.41, 5.74) is -1.71. The summed E-state index contributed by atoms with van der Waals surface area (Å²) in [7, 11) is 0. The lowest BCUT2D eigenvalue weighted by atomic mass is 10.1. The minimum atomic E-state index is -4.70. The molecule has 0 aliphatic heterocycles. The molecular formula is C15H9BrF5NO2. The molecule has 0 saturated carbocycles. The monoisotopic (exact) mass is 409 g/mol. The molecule has 1 heterocycles. The standard InChI is InChI=1S/C15H9BrF5NO2/c16-5-14(23)10-2-1-9(4-11(10)17)24-7-13-12(18)3-8(6-22-13)15(19,20)21/h1-4,6H,5,7H2. The van der Waals surface area contributed by atoms with Crippen LogP contribution in [0, 0.1) is 11.6 Å². The summed E-state index contributed by atoms with van der Waals surface area (Å²) < 4.78 is 69.7. The van der Waals surface area contributed by atoms with E-state index in [0.29, 0.717) is 12.3 Å². The topological polar surface area (TPSA) is 39.2 Å². The number of rotatable bonds is 5. The van der Waals surface area contributed by atoms with E-state index in [1.54, 1.807) is 0 Å². The Morgan fingerprint density at radius 2 is 1.88 bits per heavy atom. The Hall–Kier alpha value is -2.03. The van der Waals surface area contributed by atoms with Gasteiger partial charge in [0.2, 0.25) is 0 Å². The number of aromatic nitrogens is 1. The van der Waals surface area contributed by atoms with Crippen molar-refractivity contribution in [2.24, 2.45) is 0 Å². The molecule has 0 saturated heterocycles. The van der Waals surface area contributed by atoms with E-state index >= 15 is 0 Å². The lowest BCUT2D eigenvalue weighted by Crippen LogP contribution is -2.09. The maximum absolute atomic E-state index is 13.7. The summed E-state index contributed by atoms with van der Waals surface area (Å²) in [6, 6.07) is 3.73. The number of pyridine rings is 1. The molecule has 1 aromatic carbocycles. The number of carbonyl (C=O) groups is 1. The minimum absolute atomic E-state index is 0.0141. The number of benzene rings is 1. The third kappa shape index (κ3) is 4.28. The molecule has 2 aromatic rings. The number of ketones is 1. The molecule has 0 amide bonds. The van der Waals surface area contributed by atoms with Crippen LogP contribution in [0.5, 0.6) is 5.75 Å². The van der Waals surface area contributed by atoms with Crippen molar-refractivity contribution < 1.29 is 31.5 Å². The summed E-state index contributed by atoms with van der Waals surface area (Å²) in [6.45, 7) is -0.491. The molecular weight excluding hydrogens is 401 g/mol. The molecule has 0 unspecified atom stereocenters. The number of ether oxygens (including phenoxy) is 1. The van der Waals surface area contributed by atoms with Crippen LogP contribution >= 0.6 is 15.9 Å². The van der Waals surface area contributed by atoms with Crippen molar-refractivity contribution >= 4 is 21.7 Å². The Labute approximate surface area is 141 Å². The lowest BCUT2D eigenvalue weighted by Gasteiger charge is -2.10. The fourth-order valence-corrected chi connectivity index (χ4v) is 2.06. The van der Waals surface area contributed by atoms with Crippen LogP contribution in [0.25, 0.3) is 0 Å². The zero-order valence-electron chi connectivity index (χ0n) is 11.8. The Balaban J connectivity index is 2.11. The SMILES string of the molecule is O=C(CBr)c1ccc(OCc2ncc(C(F)(F)F)cc2F)cc1F. The number of carbonyl (C=O) groups excluding carboxylic acids is 1. The van der Waals surface area contributed by atoms with Gasteiger partial charge in [-0.05, 0) is 18.2 Å². The molecule has 128 valence electrons. The number of Topliss-reactive ketones (excluding diaryl/α,β-unsaturated/α-hetero) is 1. The van der Waals surface area contributed by atoms with Crippen LogP contribution < -0.4 is 4.74 Å². The van der Waals surface area contributed by atoms with Gasteiger partial charge < -0.3 is 4.74 Å². The second-order valence-corrected chi connectivity index (χ2v) is 5.20. The number of hydrogen-bond acceptors (Lipinski definition) is 3. The Kier molecular flexibility index (Phi) is 5.53. The Morgan fingerprint density at radius 1 is 1.17 bits per heavy atom. The normalized spacial score (nSPS) is 11.4. The molecule has 0 bridgehead atoms. The lowest BCUT2D eigenvalue weighted by molar-refractivity contribution is -0.138. The van der Waals surface area contributed by atoms with Crippen molar-refractivity contribution in [3.8, 4) is 5.75 Å². The van der Waals surface area contributed by atoms with E-state index in [-0.39, 0.29) is 22.3 Å². The first-order valence-corrected chi connectivity index (χ1v) is 7.57. The molecule has 0 aliphatic rings. The van der Waals surface area contributed by atoms with Crippen LogP contribution in [-0.2, 0) is 12.8 Å². The highest BCUT2D eigenvalue weighted by molar-refractivity contribution is 9.09. The average molecular weight is 410 g/mol. The van der Waals surface area contributed by atoms with Gasteiger partial charge >= 0.3 is 6.18 Å². The molecule has 0 atom stereocenters. The van der Waals surface area contributed by atoms with Crippen molar-refractivity contribution in [1.29, 1.82) is 0 Å². The van der Waals surface area contributed by atoms with Crippen molar-refractivity contribution in [1.82, 2.24) is 4.98 Å². The van der Waals surface area contributed by atoms with Gasteiger partial charge in [-0.3, -0.25) is 9.78 Å². The van der Waals surface area contributed by atoms with Crippen LogP contribution in [0.15, 0.2) is 30.5 Å². The number of nitrogens with zero attached hydrogens (tertiary/aromatic N) is 1. The number of alkyl halides is 4. The van der Waals surface area contributed by atoms with Gasteiger partial charge in [0.15, 0.2) is 5.78 Å². The molecule has 0 fully saturated rings. The maximum atomic E-state index is 13.7. The summed E-state index contributed by atoms with van der Waals surface area (Å²) in [4.78, 5) is 14.8. The highest BCUT2D eigenvalue weighted by Gasteiger charge is 2.31. The molecule has 9 heteroatoms. The number of halogens is 6. The molecule has 0 spiro atoms. The molecule has 3 nitrogen and oxygen atoms in total. The van der Waals surface area contributed by atoms with E-state index < -0.39 is 35.8 Å². The van der Waals surface area contributed by atoms with Gasteiger partial charge in [-0.25, -0.2) is 8.78 Å². The Morgan fingerprint density at radius 3 is 2.42 bits per heavy atom. The first kappa shape index (κ1) is 18.3. The van der Waals surface area contributed by atoms with Gasteiger partial charge in [-0.15, -0.1) is 0 Å². The summed E-state index contributed by atoms with van der Waals surface area (Å²) >= 11 is 2.92. The van der Waals surface area contributed by atoms with Crippen molar-refractivity contribution in [3.63, 3.8) is 0 Å². The molecule has 1 aromatic heterocycles. The fraction of sp³-hybridized carbons (Fsp3) is 0.200. The summed E-state index contributed by atoms with van der Waals surface area (Å²) in [5.74, 6) is -2.48. The van der Waals surface area contributed by atoms with Gasteiger partial charge in [-0.2, -0.15) is 13.2 Å². The van der Waals surface area contributed by atoms with Crippen molar-refractivity contribution in [2.45, 2.75) is 12.8 Å². The third-order valence-corrected chi connectivity index (χ3v) is 3.49. The first-order chi connectivity index (χ1) is 11.2. The first-order valence-electron chi connectivity index (χ1n) is 6.45. The highest BCUT2D eigenvalue weighted by atomic mass is 79.9. The highest BCUT2D eigenvalue weighted by Crippen LogP contribution is 2.29. The van der Waals surface area contributed by atoms with Gasteiger partial charge in [0.05, 0.1) is 16.5 Å². The average Bonchev–Trinajstić information content (AvgIpc) is 2.52. The van der Waals surface area contributed by atoms with E-state index in [1.807, 2.05) is 0 Å². The largest absolute Gasteiger partial charge is 0.487 e. The van der Waals surface area contributed by atoms with E-state index in [2.05, 4.69) is 20.9 Å². The predicted octanol–water partition coefficient (Wildman–Crippen LogP) is 4.54. The minimum Gasteiger partial charge on any atom is -0.487 e. The van der Waals surface area contributed by atoms with Crippen LogP contribution in [-0.4, -0.2) is 16.1 Å². The van der Waals surface area contributed by atoms with Gasteiger partial charge in [-0.1, -0.05) is 15.9 Å². The second kappa shape index (κ2) is 7.25. The maximum Gasteiger partial charge on any atom is 0.417 e. The van der Waals surface area contributed by atoms with Crippen LogP contribution in [0.3, 0.4) is 0 Å². The van der Waals surface area contributed by atoms with E-state index in [1.165, 1.54) is 12.1 Å². The second-order valence-electron chi connectivity index (χ2n) is 4.64. The van der Waals surface area contributed by atoms with E-state index in [4.69, 9.17) is 4.74 Å². The third-order valence-electron chi connectivity index (χ3n) is 2.98. The molecule has 2 rings (SSSR count). The van der Waals surface area contributed by atoms with Crippen LogP contribution in [0.2, 0.25) is 0 Å². The van der Waals surface area contributed by atoms with Gasteiger partial charge in [0.25, 0.3) is 0 Å². The molecule has 0 aliphatic carbocycles.